The minimum Gasteiger partial charge on any atom is -0.361 e. The minimum atomic E-state index is -1.02. The maximum Gasteiger partial charge on any atom is 0.254 e. The second-order valence-corrected chi connectivity index (χ2v) is 5.73. The first kappa shape index (κ1) is 12.7. The Hall–Kier alpha value is -1.34. The molecule has 2 unspecified atom stereocenters. The topological polar surface area (TPSA) is 79.4 Å². The van der Waals surface area contributed by atoms with Crippen LogP contribution in [0.15, 0.2) is 15.4 Å². The summed E-state index contributed by atoms with van der Waals surface area (Å²) < 4.78 is 0. The van der Waals surface area contributed by atoms with Gasteiger partial charge >= 0.3 is 0 Å². The highest BCUT2D eigenvalue weighted by molar-refractivity contribution is 7.15. The van der Waals surface area contributed by atoms with Crippen molar-refractivity contribution >= 4 is 22.2 Å². The molecular formula is C12H16N4O2S. The highest BCUT2D eigenvalue weighted by Crippen LogP contribution is 2.31. The number of aliphatic hydroxyl groups is 1. The van der Waals surface area contributed by atoms with Crippen molar-refractivity contribution in [2.75, 3.05) is 0 Å². The van der Waals surface area contributed by atoms with Gasteiger partial charge < -0.3 is 9.94 Å². The smallest absolute Gasteiger partial charge is 0.254 e. The van der Waals surface area contributed by atoms with Gasteiger partial charge in [-0.3, -0.25) is 0 Å². The number of nitrogens with zero attached hydrogens (tertiary/aromatic N) is 4. The third kappa shape index (κ3) is 2.52. The first-order valence-electron chi connectivity index (χ1n) is 6.58. The zero-order valence-electron chi connectivity index (χ0n) is 10.7. The molecule has 2 aliphatic rings. The third-order valence-electron chi connectivity index (χ3n) is 3.35. The maximum atomic E-state index is 9.62. The van der Waals surface area contributed by atoms with Gasteiger partial charge in [-0.15, -0.1) is 5.11 Å². The first-order valence-corrected chi connectivity index (χ1v) is 7.39. The summed E-state index contributed by atoms with van der Waals surface area (Å²) >= 11 is 1.59. The molecule has 0 aromatic carbocycles. The van der Waals surface area contributed by atoms with Crippen LogP contribution in [0.2, 0.25) is 0 Å². The van der Waals surface area contributed by atoms with E-state index in [0.29, 0.717) is 11.6 Å². The molecule has 0 fully saturated rings. The van der Waals surface area contributed by atoms with E-state index in [4.69, 9.17) is 4.84 Å². The number of aryl methyl sites for hydroxylation is 2. The van der Waals surface area contributed by atoms with E-state index in [0.717, 1.165) is 24.2 Å². The highest BCUT2D eigenvalue weighted by Gasteiger charge is 2.31. The van der Waals surface area contributed by atoms with Crippen LogP contribution in [0.1, 0.15) is 36.8 Å². The molecule has 102 valence electrons. The van der Waals surface area contributed by atoms with Crippen molar-refractivity contribution in [1.82, 2.24) is 4.98 Å². The Labute approximate surface area is 115 Å². The fourth-order valence-corrected chi connectivity index (χ4v) is 3.26. The standard InChI is InChI=1S/C12H16N4O2S/c1-2-7-10(11(17)18-16-7)14-15-12-13-8-5-3-4-6-9(8)19-12/h10-11,17H,2-6H2,1H3. The summed E-state index contributed by atoms with van der Waals surface area (Å²) in [5, 5.41) is 22.4. The lowest BCUT2D eigenvalue weighted by molar-refractivity contribution is -0.0842. The van der Waals surface area contributed by atoms with Crippen LogP contribution >= 0.6 is 11.3 Å². The van der Waals surface area contributed by atoms with E-state index >= 15 is 0 Å². The lowest BCUT2D eigenvalue weighted by Crippen LogP contribution is -2.26. The zero-order chi connectivity index (χ0) is 13.2. The summed E-state index contributed by atoms with van der Waals surface area (Å²) in [5.41, 5.74) is 1.88. The van der Waals surface area contributed by atoms with E-state index in [1.807, 2.05) is 6.92 Å². The average Bonchev–Trinajstić information content (AvgIpc) is 2.99. The molecule has 1 aliphatic carbocycles. The SMILES string of the molecule is CCC1=NOC(O)C1N=Nc1nc2c(s1)CCCC2. The lowest BCUT2D eigenvalue weighted by Gasteiger charge is -2.06. The maximum absolute atomic E-state index is 9.62. The fraction of sp³-hybridized carbons (Fsp3) is 0.667. The van der Waals surface area contributed by atoms with Crippen LogP contribution in [-0.2, 0) is 17.7 Å². The molecule has 0 bridgehead atoms. The predicted molar refractivity (Wildman–Crippen MR) is 71.9 cm³/mol. The molecule has 0 amide bonds. The van der Waals surface area contributed by atoms with E-state index in [2.05, 4.69) is 20.4 Å². The fourth-order valence-electron chi connectivity index (χ4n) is 2.29. The summed E-state index contributed by atoms with van der Waals surface area (Å²) in [6.07, 6.45) is 4.24. The van der Waals surface area contributed by atoms with Crippen molar-refractivity contribution in [2.45, 2.75) is 51.4 Å². The van der Waals surface area contributed by atoms with Crippen molar-refractivity contribution in [3.63, 3.8) is 0 Å². The van der Waals surface area contributed by atoms with Gasteiger partial charge in [0.25, 0.3) is 6.29 Å². The molecule has 1 aliphatic heterocycles. The van der Waals surface area contributed by atoms with Crippen LogP contribution in [0.3, 0.4) is 0 Å². The third-order valence-corrected chi connectivity index (χ3v) is 4.40. The Kier molecular flexibility index (Phi) is 3.56. The van der Waals surface area contributed by atoms with E-state index in [1.165, 1.54) is 17.7 Å². The summed E-state index contributed by atoms with van der Waals surface area (Å²) in [6, 6.07) is -0.495. The number of aliphatic hydroxyl groups excluding tert-OH is 1. The van der Waals surface area contributed by atoms with Crippen molar-refractivity contribution in [1.29, 1.82) is 0 Å². The van der Waals surface area contributed by atoms with Crippen LogP contribution in [0.5, 0.6) is 0 Å². The Bertz CT molecular complexity index is 502. The van der Waals surface area contributed by atoms with Gasteiger partial charge in [0.15, 0.2) is 6.04 Å². The Balaban J connectivity index is 1.75. The molecule has 0 saturated heterocycles. The van der Waals surface area contributed by atoms with Crippen molar-refractivity contribution in [3.8, 4) is 0 Å². The zero-order valence-corrected chi connectivity index (χ0v) is 11.6. The Morgan fingerprint density at radius 1 is 1.42 bits per heavy atom. The van der Waals surface area contributed by atoms with Gasteiger partial charge in [0.1, 0.15) is 0 Å². The van der Waals surface area contributed by atoms with E-state index in [-0.39, 0.29) is 0 Å². The van der Waals surface area contributed by atoms with Crippen molar-refractivity contribution < 1.29 is 9.94 Å². The van der Waals surface area contributed by atoms with Gasteiger partial charge in [-0.2, -0.15) is 5.11 Å². The monoisotopic (exact) mass is 280 g/mol. The molecule has 0 saturated carbocycles. The normalized spacial score (nSPS) is 26.3. The second-order valence-electron chi connectivity index (χ2n) is 4.67. The number of fused-ring (bicyclic) bond motifs is 1. The van der Waals surface area contributed by atoms with Gasteiger partial charge in [0, 0.05) is 4.88 Å². The number of hydrogen-bond acceptors (Lipinski definition) is 7. The molecule has 0 spiro atoms. The van der Waals surface area contributed by atoms with Crippen LogP contribution in [0, 0.1) is 0 Å². The highest BCUT2D eigenvalue weighted by atomic mass is 32.1. The number of rotatable bonds is 3. The largest absolute Gasteiger partial charge is 0.361 e. The van der Waals surface area contributed by atoms with Crippen molar-refractivity contribution in [3.05, 3.63) is 10.6 Å². The molecule has 3 rings (SSSR count). The molecule has 1 N–H and O–H groups in total. The number of hydrogen-bond donors (Lipinski definition) is 1. The van der Waals surface area contributed by atoms with Crippen LogP contribution in [-0.4, -0.2) is 28.1 Å². The van der Waals surface area contributed by atoms with E-state index < -0.39 is 12.3 Å². The molecule has 19 heavy (non-hydrogen) atoms. The number of azo groups is 1. The second kappa shape index (κ2) is 5.34. The molecule has 1 aromatic rings. The number of thiazole rings is 1. The van der Waals surface area contributed by atoms with Crippen LogP contribution in [0.4, 0.5) is 5.13 Å². The minimum absolute atomic E-state index is 0.495. The van der Waals surface area contributed by atoms with Crippen LogP contribution in [0.25, 0.3) is 0 Å². The summed E-state index contributed by atoms with van der Waals surface area (Å²) in [5.74, 6) is 0. The Morgan fingerprint density at radius 3 is 3.05 bits per heavy atom. The van der Waals surface area contributed by atoms with Crippen molar-refractivity contribution in [2.24, 2.45) is 15.4 Å². The van der Waals surface area contributed by atoms with Gasteiger partial charge in [0.2, 0.25) is 5.13 Å². The van der Waals surface area contributed by atoms with Gasteiger partial charge in [-0.25, -0.2) is 4.98 Å². The van der Waals surface area contributed by atoms with Gasteiger partial charge in [0.05, 0.1) is 11.4 Å². The molecule has 6 nitrogen and oxygen atoms in total. The summed E-state index contributed by atoms with van der Waals surface area (Å²) in [7, 11) is 0. The summed E-state index contributed by atoms with van der Waals surface area (Å²) in [6.45, 7) is 1.95. The number of aromatic nitrogens is 1. The molecule has 2 heterocycles. The van der Waals surface area contributed by atoms with E-state index in [1.54, 1.807) is 11.3 Å². The number of oxime groups is 1. The van der Waals surface area contributed by atoms with E-state index in [9.17, 15) is 5.11 Å². The quantitative estimate of drug-likeness (QED) is 0.864. The van der Waals surface area contributed by atoms with Gasteiger partial charge in [-0.05, 0) is 32.1 Å². The first-order chi connectivity index (χ1) is 9.28. The molecule has 7 heteroatoms. The average molecular weight is 280 g/mol. The molecule has 0 radical (unpaired) electrons. The molecule has 2 atom stereocenters. The molecular weight excluding hydrogens is 264 g/mol. The summed E-state index contributed by atoms with van der Waals surface area (Å²) in [4.78, 5) is 10.6. The predicted octanol–water partition coefficient (Wildman–Crippen LogP) is 2.59. The lowest BCUT2D eigenvalue weighted by atomic mass is 10.0. The Morgan fingerprint density at radius 2 is 2.26 bits per heavy atom. The van der Waals surface area contributed by atoms with Crippen LogP contribution < -0.4 is 0 Å². The van der Waals surface area contributed by atoms with Gasteiger partial charge in [-0.1, -0.05) is 23.4 Å². The molecule has 1 aromatic heterocycles.